The van der Waals surface area contributed by atoms with Gasteiger partial charge in [0.05, 0.1) is 22.9 Å². The number of fused-ring (bicyclic) bond motifs is 1. The van der Waals surface area contributed by atoms with E-state index < -0.39 is 0 Å². The molecule has 1 aromatic heterocycles. The van der Waals surface area contributed by atoms with Gasteiger partial charge in [0, 0.05) is 13.0 Å². The van der Waals surface area contributed by atoms with Gasteiger partial charge in [-0.05, 0) is 31.4 Å². The molecule has 0 spiro atoms. The van der Waals surface area contributed by atoms with Crippen LogP contribution in [-0.4, -0.2) is 30.1 Å². The number of carbonyl (C=O) groups is 1. The van der Waals surface area contributed by atoms with E-state index in [2.05, 4.69) is 18.0 Å². The molecule has 1 fully saturated rings. The second-order valence-electron chi connectivity index (χ2n) is 6.06. The van der Waals surface area contributed by atoms with Gasteiger partial charge in [0.25, 0.3) is 0 Å². The summed E-state index contributed by atoms with van der Waals surface area (Å²) in [6.07, 6.45) is 6.03. The number of carbonyl (C=O) groups excluding carboxylic acids is 1. The number of hydrogen-bond acceptors (Lipinski definition) is 4. The second kappa shape index (κ2) is 7.88. The van der Waals surface area contributed by atoms with Crippen molar-refractivity contribution in [2.45, 2.75) is 51.6 Å². The average molecular weight is 332 g/mol. The van der Waals surface area contributed by atoms with E-state index in [1.807, 2.05) is 23.1 Å². The minimum atomic E-state index is 0.150. The molecule has 0 saturated carbocycles. The van der Waals surface area contributed by atoms with Crippen molar-refractivity contribution in [2.75, 3.05) is 18.1 Å². The standard InChI is InChI=1S/C18H24N2O2S/c1-2-3-4-11-17(21)20(13-14-8-7-12-22-14)18-19-15-9-5-6-10-16(15)23-18/h5-6,9-10,14H,2-4,7-8,11-13H2,1H3. The molecule has 1 unspecified atom stereocenters. The minimum Gasteiger partial charge on any atom is -0.376 e. The number of hydrogen-bond donors (Lipinski definition) is 0. The number of amides is 1. The first kappa shape index (κ1) is 16.4. The maximum Gasteiger partial charge on any atom is 0.228 e. The molecule has 2 aromatic rings. The minimum absolute atomic E-state index is 0.150. The largest absolute Gasteiger partial charge is 0.376 e. The molecule has 2 heterocycles. The van der Waals surface area contributed by atoms with Gasteiger partial charge >= 0.3 is 0 Å². The number of anilines is 1. The van der Waals surface area contributed by atoms with Crippen LogP contribution in [0.15, 0.2) is 24.3 Å². The van der Waals surface area contributed by atoms with Crippen LogP contribution in [0, 0.1) is 0 Å². The predicted octanol–water partition coefficient (Wildman–Crippen LogP) is 4.39. The lowest BCUT2D eigenvalue weighted by Gasteiger charge is -2.23. The van der Waals surface area contributed by atoms with Crippen molar-refractivity contribution >= 4 is 32.6 Å². The number of para-hydroxylation sites is 1. The van der Waals surface area contributed by atoms with Gasteiger partial charge < -0.3 is 4.74 Å². The quantitative estimate of drug-likeness (QED) is 0.706. The Morgan fingerprint density at radius 1 is 1.39 bits per heavy atom. The van der Waals surface area contributed by atoms with Crippen molar-refractivity contribution in [1.29, 1.82) is 0 Å². The van der Waals surface area contributed by atoms with Gasteiger partial charge in [-0.3, -0.25) is 9.69 Å². The predicted molar refractivity (Wildman–Crippen MR) is 95.1 cm³/mol. The summed E-state index contributed by atoms with van der Waals surface area (Å²) in [5, 5.41) is 0.809. The van der Waals surface area contributed by atoms with Crippen molar-refractivity contribution in [3.63, 3.8) is 0 Å². The molecule has 0 radical (unpaired) electrons. The van der Waals surface area contributed by atoms with Gasteiger partial charge in [-0.25, -0.2) is 4.98 Å². The van der Waals surface area contributed by atoms with Gasteiger partial charge in [0.1, 0.15) is 0 Å². The Hall–Kier alpha value is -1.46. The summed E-state index contributed by atoms with van der Waals surface area (Å²) in [6.45, 7) is 3.59. The van der Waals surface area contributed by atoms with Crippen LogP contribution in [0.5, 0.6) is 0 Å². The van der Waals surface area contributed by atoms with E-state index in [1.165, 1.54) is 0 Å². The van der Waals surface area contributed by atoms with E-state index in [0.29, 0.717) is 13.0 Å². The highest BCUT2D eigenvalue weighted by atomic mass is 32.1. The van der Waals surface area contributed by atoms with Crippen molar-refractivity contribution in [3.05, 3.63) is 24.3 Å². The molecule has 5 heteroatoms. The van der Waals surface area contributed by atoms with Crippen molar-refractivity contribution in [1.82, 2.24) is 4.98 Å². The van der Waals surface area contributed by atoms with Gasteiger partial charge in [0.15, 0.2) is 5.13 Å². The fourth-order valence-corrected chi connectivity index (χ4v) is 3.91. The summed E-state index contributed by atoms with van der Waals surface area (Å²) in [6, 6.07) is 8.06. The zero-order valence-electron chi connectivity index (χ0n) is 13.7. The van der Waals surface area contributed by atoms with Crippen LogP contribution >= 0.6 is 11.3 Å². The third-order valence-electron chi connectivity index (χ3n) is 4.22. The van der Waals surface area contributed by atoms with Gasteiger partial charge in [-0.2, -0.15) is 0 Å². The normalized spacial score (nSPS) is 17.7. The van der Waals surface area contributed by atoms with Crippen molar-refractivity contribution < 1.29 is 9.53 Å². The first-order valence-electron chi connectivity index (χ1n) is 8.55. The first-order chi connectivity index (χ1) is 11.3. The molecule has 0 aliphatic carbocycles. The summed E-state index contributed by atoms with van der Waals surface area (Å²) in [7, 11) is 0. The van der Waals surface area contributed by atoms with Crippen LogP contribution in [0.2, 0.25) is 0 Å². The highest BCUT2D eigenvalue weighted by molar-refractivity contribution is 7.22. The number of rotatable bonds is 7. The summed E-state index contributed by atoms with van der Waals surface area (Å²) < 4.78 is 6.86. The van der Waals surface area contributed by atoms with E-state index in [-0.39, 0.29) is 12.0 Å². The maximum absolute atomic E-state index is 12.7. The summed E-state index contributed by atoms with van der Waals surface area (Å²) in [5.41, 5.74) is 0.964. The van der Waals surface area contributed by atoms with Crippen LogP contribution in [0.1, 0.15) is 45.4 Å². The van der Waals surface area contributed by atoms with Crippen LogP contribution in [0.4, 0.5) is 5.13 Å². The van der Waals surface area contributed by atoms with Gasteiger partial charge in [-0.1, -0.05) is 43.2 Å². The summed E-state index contributed by atoms with van der Waals surface area (Å²) >= 11 is 1.59. The third kappa shape index (κ3) is 4.09. The zero-order chi connectivity index (χ0) is 16.1. The molecular formula is C18H24N2O2S. The van der Waals surface area contributed by atoms with Crippen LogP contribution < -0.4 is 4.90 Å². The Bertz CT molecular complexity index is 616. The SMILES string of the molecule is CCCCCC(=O)N(CC1CCCO1)c1nc2ccccc2s1. The van der Waals surface area contributed by atoms with E-state index in [0.717, 1.165) is 54.1 Å². The number of nitrogens with zero attached hydrogens (tertiary/aromatic N) is 2. The number of thiazole rings is 1. The molecule has 23 heavy (non-hydrogen) atoms. The smallest absolute Gasteiger partial charge is 0.228 e. The molecule has 0 N–H and O–H groups in total. The Morgan fingerprint density at radius 2 is 2.26 bits per heavy atom. The second-order valence-corrected chi connectivity index (χ2v) is 7.07. The molecule has 3 rings (SSSR count). The molecule has 1 aliphatic rings. The maximum atomic E-state index is 12.7. The highest BCUT2D eigenvalue weighted by Crippen LogP contribution is 2.30. The molecule has 4 nitrogen and oxygen atoms in total. The summed E-state index contributed by atoms with van der Waals surface area (Å²) in [5.74, 6) is 0.174. The lowest BCUT2D eigenvalue weighted by molar-refractivity contribution is -0.119. The third-order valence-corrected chi connectivity index (χ3v) is 5.28. The molecule has 1 amide bonds. The fraction of sp³-hybridized carbons (Fsp3) is 0.556. The lowest BCUT2D eigenvalue weighted by atomic mass is 10.2. The van der Waals surface area contributed by atoms with Gasteiger partial charge in [-0.15, -0.1) is 0 Å². The summed E-state index contributed by atoms with van der Waals surface area (Å²) in [4.78, 5) is 19.3. The topological polar surface area (TPSA) is 42.4 Å². The Morgan fingerprint density at radius 3 is 3.00 bits per heavy atom. The Kier molecular flexibility index (Phi) is 5.62. The molecule has 1 aromatic carbocycles. The highest BCUT2D eigenvalue weighted by Gasteiger charge is 2.25. The molecule has 1 saturated heterocycles. The molecule has 0 bridgehead atoms. The van der Waals surface area contributed by atoms with Crippen molar-refractivity contribution in [2.24, 2.45) is 0 Å². The fourth-order valence-electron chi connectivity index (χ4n) is 2.92. The van der Waals surface area contributed by atoms with E-state index >= 15 is 0 Å². The van der Waals surface area contributed by atoms with Gasteiger partial charge in [0.2, 0.25) is 5.91 Å². The van der Waals surface area contributed by atoms with E-state index in [9.17, 15) is 4.79 Å². The number of benzene rings is 1. The number of unbranched alkanes of at least 4 members (excludes halogenated alkanes) is 2. The molecular weight excluding hydrogens is 308 g/mol. The molecule has 1 aliphatic heterocycles. The molecule has 124 valence electrons. The van der Waals surface area contributed by atoms with E-state index in [1.54, 1.807) is 11.3 Å². The van der Waals surface area contributed by atoms with E-state index in [4.69, 9.17) is 4.74 Å². The zero-order valence-corrected chi connectivity index (χ0v) is 14.5. The lowest BCUT2D eigenvalue weighted by Crippen LogP contribution is -2.37. The Labute approximate surface area is 141 Å². The molecule has 1 atom stereocenters. The van der Waals surface area contributed by atoms with Crippen LogP contribution in [0.25, 0.3) is 10.2 Å². The van der Waals surface area contributed by atoms with Crippen molar-refractivity contribution in [3.8, 4) is 0 Å². The Balaban J connectivity index is 1.79. The first-order valence-corrected chi connectivity index (χ1v) is 9.37. The average Bonchev–Trinajstić information content (AvgIpc) is 3.21. The number of ether oxygens (including phenoxy) is 1. The number of aromatic nitrogens is 1. The van der Waals surface area contributed by atoms with Crippen LogP contribution in [-0.2, 0) is 9.53 Å². The van der Waals surface area contributed by atoms with Crippen LogP contribution in [0.3, 0.4) is 0 Å². The monoisotopic (exact) mass is 332 g/mol.